The molecule has 2 N–H and O–H groups in total. The molecule has 0 aliphatic rings. The van der Waals surface area contributed by atoms with Crippen LogP contribution in [0.2, 0.25) is 5.02 Å². The average molecular weight is 383 g/mol. The number of halogens is 1. The molecule has 0 aliphatic carbocycles. The third kappa shape index (κ3) is 5.43. The van der Waals surface area contributed by atoms with E-state index in [1.165, 1.54) is 6.20 Å². The number of carbonyl (C=O) groups is 1. The monoisotopic (exact) mass is 382 g/mol. The van der Waals surface area contributed by atoms with Gasteiger partial charge in [0.25, 0.3) is 5.91 Å². The van der Waals surface area contributed by atoms with Crippen molar-refractivity contribution in [3.8, 4) is 5.75 Å². The van der Waals surface area contributed by atoms with Crippen LogP contribution in [0.4, 0.5) is 17.3 Å². The van der Waals surface area contributed by atoms with Crippen LogP contribution in [0.25, 0.3) is 0 Å². The Morgan fingerprint density at radius 3 is 2.33 bits per heavy atom. The summed E-state index contributed by atoms with van der Waals surface area (Å²) in [6, 6.07) is 15.9. The highest BCUT2D eigenvalue weighted by molar-refractivity contribution is 6.30. The lowest BCUT2D eigenvalue weighted by atomic mass is 10.3. The molecule has 3 aromatic rings. The molecule has 138 valence electrons. The van der Waals surface area contributed by atoms with E-state index >= 15 is 0 Å². The summed E-state index contributed by atoms with van der Waals surface area (Å²) in [5.74, 6) is 0.785. The molecule has 1 heterocycles. The molecule has 0 bridgehead atoms. The Hall–Kier alpha value is -3.12. The van der Waals surface area contributed by atoms with Gasteiger partial charge in [0.1, 0.15) is 11.4 Å². The third-order valence-corrected chi connectivity index (χ3v) is 3.72. The van der Waals surface area contributed by atoms with Gasteiger partial charge < -0.3 is 15.4 Å². The molecule has 7 heteroatoms. The van der Waals surface area contributed by atoms with Crippen molar-refractivity contribution >= 4 is 34.8 Å². The van der Waals surface area contributed by atoms with Gasteiger partial charge in [-0.2, -0.15) is 0 Å². The van der Waals surface area contributed by atoms with Crippen LogP contribution >= 0.6 is 11.6 Å². The minimum Gasteiger partial charge on any atom is -0.491 e. The van der Waals surface area contributed by atoms with E-state index in [0.717, 1.165) is 11.4 Å². The van der Waals surface area contributed by atoms with Crippen molar-refractivity contribution < 1.29 is 9.53 Å². The van der Waals surface area contributed by atoms with Crippen LogP contribution in [0, 0.1) is 0 Å². The fourth-order valence-electron chi connectivity index (χ4n) is 2.29. The number of nitrogens with zero attached hydrogens (tertiary/aromatic N) is 2. The normalized spacial score (nSPS) is 10.5. The molecular formula is C20H19ClN4O2. The Kier molecular flexibility index (Phi) is 5.88. The molecular weight excluding hydrogens is 364 g/mol. The second-order valence-corrected chi connectivity index (χ2v) is 6.48. The number of aromatic nitrogens is 2. The molecule has 0 aliphatic heterocycles. The number of hydrogen-bond donors (Lipinski definition) is 2. The molecule has 0 fully saturated rings. The molecule has 1 amide bonds. The van der Waals surface area contributed by atoms with E-state index in [0.29, 0.717) is 16.7 Å². The van der Waals surface area contributed by atoms with Crippen molar-refractivity contribution in [2.24, 2.45) is 0 Å². The molecule has 0 spiro atoms. The van der Waals surface area contributed by atoms with Crippen LogP contribution in [-0.4, -0.2) is 22.0 Å². The zero-order chi connectivity index (χ0) is 19.2. The fourth-order valence-corrected chi connectivity index (χ4v) is 2.42. The summed E-state index contributed by atoms with van der Waals surface area (Å²) >= 11 is 5.85. The molecule has 3 rings (SSSR count). The van der Waals surface area contributed by atoms with Crippen LogP contribution in [0.1, 0.15) is 24.3 Å². The number of rotatable bonds is 6. The van der Waals surface area contributed by atoms with Gasteiger partial charge in [-0.3, -0.25) is 4.79 Å². The van der Waals surface area contributed by atoms with Crippen LogP contribution in [-0.2, 0) is 0 Å². The first-order chi connectivity index (χ1) is 13.0. The van der Waals surface area contributed by atoms with Crippen molar-refractivity contribution in [3.63, 3.8) is 0 Å². The predicted octanol–water partition coefficient (Wildman–Crippen LogP) is 4.91. The lowest BCUT2D eigenvalue weighted by Crippen LogP contribution is -2.14. The zero-order valence-corrected chi connectivity index (χ0v) is 15.7. The highest BCUT2D eigenvalue weighted by Gasteiger charge is 2.10. The molecule has 0 saturated heterocycles. The Labute approximate surface area is 162 Å². The largest absolute Gasteiger partial charge is 0.491 e. The minimum absolute atomic E-state index is 0.114. The summed E-state index contributed by atoms with van der Waals surface area (Å²) < 4.78 is 5.61. The maximum Gasteiger partial charge on any atom is 0.274 e. The average Bonchev–Trinajstić information content (AvgIpc) is 2.65. The van der Waals surface area contributed by atoms with E-state index in [1.807, 2.05) is 38.1 Å². The third-order valence-electron chi connectivity index (χ3n) is 3.47. The summed E-state index contributed by atoms with van der Waals surface area (Å²) in [5, 5.41) is 6.45. The smallest absolute Gasteiger partial charge is 0.274 e. The van der Waals surface area contributed by atoms with E-state index in [4.69, 9.17) is 16.3 Å². The minimum atomic E-state index is -0.330. The lowest BCUT2D eigenvalue weighted by Gasteiger charge is -2.11. The quantitative estimate of drug-likeness (QED) is 0.633. The molecule has 1 aromatic heterocycles. The Bertz CT molecular complexity index is 912. The van der Waals surface area contributed by atoms with E-state index in [2.05, 4.69) is 20.6 Å². The maximum absolute atomic E-state index is 12.4. The fraction of sp³-hybridized carbons (Fsp3) is 0.150. The van der Waals surface area contributed by atoms with Gasteiger partial charge in [0, 0.05) is 22.6 Å². The molecule has 0 unspecified atom stereocenters. The highest BCUT2D eigenvalue weighted by Crippen LogP contribution is 2.19. The van der Waals surface area contributed by atoms with Gasteiger partial charge in [-0.1, -0.05) is 11.6 Å². The Morgan fingerprint density at radius 1 is 1.00 bits per heavy atom. The second-order valence-electron chi connectivity index (χ2n) is 6.04. The van der Waals surface area contributed by atoms with Crippen LogP contribution in [0.15, 0.2) is 60.8 Å². The maximum atomic E-state index is 12.4. The van der Waals surface area contributed by atoms with Crippen LogP contribution < -0.4 is 15.4 Å². The van der Waals surface area contributed by atoms with Gasteiger partial charge in [0.15, 0.2) is 0 Å². The number of ether oxygens (including phenoxy) is 1. The molecule has 0 atom stereocenters. The summed E-state index contributed by atoms with van der Waals surface area (Å²) in [4.78, 5) is 20.8. The topological polar surface area (TPSA) is 76.1 Å². The molecule has 27 heavy (non-hydrogen) atoms. The SMILES string of the molecule is CC(C)Oc1ccc(Nc2nccc(C(=O)Nc3ccc(Cl)cc3)n2)cc1. The van der Waals surface area contributed by atoms with Crippen LogP contribution in [0.5, 0.6) is 5.75 Å². The second kappa shape index (κ2) is 8.51. The van der Waals surface area contributed by atoms with Crippen molar-refractivity contribution in [2.75, 3.05) is 10.6 Å². The summed E-state index contributed by atoms with van der Waals surface area (Å²) in [6.45, 7) is 3.95. The number of amides is 1. The van der Waals surface area contributed by atoms with Gasteiger partial charge >= 0.3 is 0 Å². The number of nitrogens with one attached hydrogen (secondary N) is 2. The molecule has 2 aromatic carbocycles. The lowest BCUT2D eigenvalue weighted by molar-refractivity contribution is 0.102. The van der Waals surface area contributed by atoms with Crippen LogP contribution in [0.3, 0.4) is 0 Å². The standard InChI is InChI=1S/C20H19ClN4O2/c1-13(2)27-17-9-7-16(8-10-17)24-20-22-12-11-18(25-20)19(26)23-15-5-3-14(21)4-6-15/h3-13H,1-2H3,(H,23,26)(H,22,24,25). The van der Waals surface area contributed by atoms with Crippen molar-refractivity contribution in [2.45, 2.75) is 20.0 Å². The number of carbonyl (C=O) groups excluding carboxylic acids is 1. The van der Waals surface area contributed by atoms with E-state index < -0.39 is 0 Å². The van der Waals surface area contributed by atoms with E-state index in [1.54, 1.807) is 30.3 Å². The van der Waals surface area contributed by atoms with Gasteiger partial charge in [0.2, 0.25) is 5.95 Å². The van der Waals surface area contributed by atoms with Crippen molar-refractivity contribution in [3.05, 3.63) is 71.5 Å². The number of anilines is 3. The van der Waals surface area contributed by atoms with Gasteiger partial charge in [-0.25, -0.2) is 9.97 Å². The van der Waals surface area contributed by atoms with Gasteiger partial charge in [-0.15, -0.1) is 0 Å². The summed E-state index contributed by atoms with van der Waals surface area (Å²) in [7, 11) is 0. The van der Waals surface area contributed by atoms with E-state index in [-0.39, 0.29) is 17.7 Å². The predicted molar refractivity (Wildman–Crippen MR) is 107 cm³/mol. The Balaban J connectivity index is 1.67. The summed E-state index contributed by atoms with van der Waals surface area (Å²) in [6.07, 6.45) is 1.64. The highest BCUT2D eigenvalue weighted by atomic mass is 35.5. The molecule has 0 saturated carbocycles. The first-order valence-corrected chi connectivity index (χ1v) is 8.81. The first kappa shape index (κ1) is 18.7. The molecule has 0 radical (unpaired) electrons. The van der Waals surface area contributed by atoms with Crippen molar-refractivity contribution in [1.29, 1.82) is 0 Å². The van der Waals surface area contributed by atoms with Crippen molar-refractivity contribution in [1.82, 2.24) is 9.97 Å². The Morgan fingerprint density at radius 2 is 1.67 bits per heavy atom. The zero-order valence-electron chi connectivity index (χ0n) is 14.9. The number of hydrogen-bond acceptors (Lipinski definition) is 5. The van der Waals surface area contributed by atoms with Gasteiger partial charge in [-0.05, 0) is 68.4 Å². The molecule has 6 nitrogen and oxygen atoms in total. The van der Waals surface area contributed by atoms with E-state index in [9.17, 15) is 4.79 Å². The first-order valence-electron chi connectivity index (χ1n) is 8.43. The van der Waals surface area contributed by atoms with Gasteiger partial charge in [0.05, 0.1) is 6.10 Å². The summed E-state index contributed by atoms with van der Waals surface area (Å²) in [5.41, 5.74) is 1.68. The number of benzene rings is 2.